The molecule has 0 spiro atoms. The van der Waals surface area contributed by atoms with E-state index in [1.54, 1.807) is 20.2 Å². The second-order valence-electron chi connectivity index (χ2n) is 5.22. The first kappa shape index (κ1) is 14.8. The Hall–Kier alpha value is -3.09. The lowest BCUT2D eigenvalue weighted by Crippen LogP contribution is -2.22. The standard InChI is InChI=1S/C16H17N5O2/c1-21(2)16(22)10-8-13(23-3)15(17-9-10)18-14-11-6-4-5-7-12(11)19-20-14/h4-9H,1-3H3,(H2,17,18,19,20). The van der Waals surface area contributed by atoms with Gasteiger partial charge in [-0.2, -0.15) is 5.10 Å². The van der Waals surface area contributed by atoms with Crippen molar-refractivity contribution >= 4 is 28.4 Å². The molecule has 0 aliphatic carbocycles. The minimum Gasteiger partial charge on any atom is -0.493 e. The first-order valence-electron chi connectivity index (χ1n) is 7.06. The number of nitrogens with zero attached hydrogens (tertiary/aromatic N) is 3. The fourth-order valence-electron chi connectivity index (χ4n) is 2.24. The predicted molar refractivity (Wildman–Crippen MR) is 88.2 cm³/mol. The van der Waals surface area contributed by atoms with Crippen LogP contribution in [0.15, 0.2) is 36.5 Å². The van der Waals surface area contributed by atoms with Crippen LogP contribution in [0, 0.1) is 0 Å². The van der Waals surface area contributed by atoms with E-state index < -0.39 is 0 Å². The zero-order valence-electron chi connectivity index (χ0n) is 13.1. The number of hydrogen-bond donors (Lipinski definition) is 2. The SMILES string of the molecule is COc1cc(C(=O)N(C)C)cnc1Nc1n[nH]c2ccccc12. The van der Waals surface area contributed by atoms with Crippen LogP contribution in [0.1, 0.15) is 10.4 Å². The Labute approximate surface area is 133 Å². The van der Waals surface area contributed by atoms with Gasteiger partial charge in [0.2, 0.25) is 0 Å². The van der Waals surface area contributed by atoms with Crippen LogP contribution >= 0.6 is 0 Å². The summed E-state index contributed by atoms with van der Waals surface area (Å²) in [6, 6.07) is 9.43. The van der Waals surface area contributed by atoms with Gasteiger partial charge in [-0.05, 0) is 18.2 Å². The van der Waals surface area contributed by atoms with Crippen molar-refractivity contribution in [1.82, 2.24) is 20.1 Å². The van der Waals surface area contributed by atoms with Crippen molar-refractivity contribution in [2.45, 2.75) is 0 Å². The quantitative estimate of drug-likeness (QED) is 0.773. The summed E-state index contributed by atoms with van der Waals surface area (Å²) in [5.74, 6) is 1.50. The minimum absolute atomic E-state index is 0.132. The molecule has 0 aliphatic heterocycles. The van der Waals surface area contributed by atoms with Crippen molar-refractivity contribution in [3.05, 3.63) is 42.1 Å². The molecule has 0 bridgehead atoms. The molecular weight excluding hydrogens is 294 g/mol. The van der Waals surface area contributed by atoms with Crippen LogP contribution in [0.4, 0.5) is 11.6 Å². The molecule has 2 heterocycles. The van der Waals surface area contributed by atoms with Gasteiger partial charge in [-0.1, -0.05) is 12.1 Å². The Morgan fingerprint density at radius 1 is 1.26 bits per heavy atom. The maximum Gasteiger partial charge on any atom is 0.255 e. The molecule has 7 heteroatoms. The molecule has 0 saturated heterocycles. The van der Waals surface area contributed by atoms with Crippen LogP contribution in [-0.2, 0) is 0 Å². The predicted octanol–water partition coefficient (Wildman–Crippen LogP) is 2.41. The summed E-state index contributed by atoms with van der Waals surface area (Å²) in [6.45, 7) is 0. The van der Waals surface area contributed by atoms with Crippen LogP contribution < -0.4 is 10.1 Å². The lowest BCUT2D eigenvalue weighted by atomic mass is 10.2. The summed E-state index contributed by atoms with van der Waals surface area (Å²) in [4.78, 5) is 17.8. The number of hydrogen-bond acceptors (Lipinski definition) is 5. The fourth-order valence-corrected chi connectivity index (χ4v) is 2.24. The summed E-state index contributed by atoms with van der Waals surface area (Å²) < 4.78 is 5.34. The number of amides is 1. The summed E-state index contributed by atoms with van der Waals surface area (Å²) in [5, 5.41) is 11.3. The number of aromatic amines is 1. The Kier molecular flexibility index (Phi) is 3.84. The fraction of sp³-hybridized carbons (Fsp3) is 0.188. The number of carbonyl (C=O) groups excluding carboxylic acids is 1. The lowest BCUT2D eigenvalue weighted by Gasteiger charge is -2.13. The van der Waals surface area contributed by atoms with Gasteiger partial charge in [0, 0.05) is 25.7 Å². The number of ether oxygens (including phenoxy) is 1. The van der Waals surface area contributed by atoms with Gasteiger partial charge in [-0.3, -0.25) is 9.89 Å². The van der Waals surface area contributed by atoms with Gasteiger partial charge in [-0.15, -0.1) is 0 Å². The number of fused-ring (bicyclic) bond motifs is 1. The third-order valence-corrected chi connectivity index (χ3v) is 3.43. The molecule has 1 aromatic carbocycles. The maximum absolute atomic E-state index is 12.0. The van der Waals surface area contributed by atoms with Crippen LogP contribution in [0.25, 0.3) is 10.9 Å². The van der Waals surface area contributed by atoms with Crippen LogP contribution in [-0.4, -0.2) is 47.2 Å². The Bertz CT molecular complexity index is 857. The number of aromatic nitrogens is 3. The number of pyridine rings is 1. The van der Waals surface area contributed by atoms with E-state index in [2.05, 4.69) is 20.5 Å². The minimum atomic E-state index is -0.132. The number of H-pyrrole nitrogens is 1. The highest BCUT2D eigenvalue weighted by atomic mass is 16.5. The van der Waals surface area contributed by atoms with E-state index in [0.29, 0.717) is 22.9 Å². The second kappa shape index (κ2) is 5.96. The molecule has 0 atom stereocenters. The Balaban J connectivity index is 1.95. The number of benzene rings is 1. The zero-order chi connectivity index (χ0) is 16.4. The highest BCUT2D eigenvalue weighted by Gasteiger charge is 2.14. The van der Waals surface area contributed by atoms with E-state index in [4.69, 9.17) is 4.74 Å². The van der Waals surface area contributed by atoms with Gasteiger partial charge in [0.1, 0.15) is 0 Å². The highest BCUT2D eigenvalue weighted by molar-refractivity contribution is 5.95. The van der Waals surface area contributed by atoms with E-state index in [1.165, 1.54) is 18.2 Å². The van der Waals surface area contributed by atoms with Crippen molar-refractivity contribution in [1.29, 1.82) is 0 Å². The summed E-state index contributed by atoms with van der Waals surface area (Å²) >= 11 is 0. The molecule has 0 fully saturated rings. The molecule has 1 amide bonds. The Morgan fingerprint density at radius 3 is 2.78 bits per heavy atom. The maximum atomic E-state index is 12.0. The van der Waals surface area contributed by atoms with E-state index >= 15 is 0 Å². The number of rotatable bonds is 4. The monoisotopic (exact) mass is 311 g/mol. The van der Waals surface area contributed by atoms with Crippen molar-refractivity contribution < 1.29 is 9.53 Å². The number of nitrogens with one attached hydrogen (secondary N) is 2. The molecule has 3 rings (SSSR count). The third-order valence-electron chi connectivity index (χ3n) is 3.43. The number of anilines is 2. The molecule has 118 valence electrons. The number of methoxy groups -OCH3 is 1. The van der Waals surface area contributed by atoms with Gasteiger partial charge in [0.15, 0.2) is 17.4 Å². The van der Waals surface area contributed by atoms with Crippen LogP contribution in [0.5, 0.6) is 5.75 Å². The molecule has 2 aromatic heterocycles. The largest absolute Gasteiger partial charge is 0.493 e. The average Bonchev–Trinajstić information content (AvgIpc) is 2.97. The van der Waals surface area contributed by atoms with Gasteiger partial charge in [-0.25, -0.2) is 4.98 Å². The molecule has 3 aromatic rings. The van der Waals surface area contributed by atoms with Crippen molar-refractivity contribution in [3.63, 3.8) is 0 Å². The molecule has 0 saturated carbocycles. The van der Waals surface area contributed by atoms with Gasteiger partial charge >= 0.3 is 0 Å². The van der Waals surface area contributed by atoms with E-state index in [0.717, 1.165) is 10.9 Å². The molecular formula is C16H17N5O2. The first-order chi connectivity index (χ1) is 11.1. The second-order valence-corrected chi connectivity index (χ2v) is 5.22. The van der Waals surface area contributed by atoms with E-state index in [1.807, 2.05) is 24.3 Å². The van der Waals surface area contributed by atoms with Crippen LogP contribution in [0.3, 0.4) is 0 Å². The molecule has 2 N–H and O–H groups in total. The molecule has 7 nitrogen and oxygen atoms in total. The average molecular weight is 311 g/mol. The summed E-state index contributed by atoms with van der Waals surface area (Å²) in [6.07, 6.45) is 1.52. The number of carbonyl (C=O) groups is 1. The third kappa shape index (κ3) is 2.80. The molecule has 23 heavy (non-hydrogen) atoms. The summed E-state index contributed by atoms with van der Waals surface area (Å²) in [5.41, 5.74) is 1.39. The smallest absolute Gasteiger partial charge is 0.255 e. The summed E-state index contributed by atoms with van der Waals surface area (Å²) in [7, 11) is 4.92. The first-order valence-corrected chi connectivity index (χ1v) is 7.06. The van der Waals surface area contributed by atoms with Crippen LogP contribution in [0.2, 0.25) is 0 Å². The van der Waals surface area contributed by atoms with Crippen molar-refractivity contribution in [3.8, 4) is 5.75 Å². The zero-order valence-corrected chi connectivity index (χ0v) is 13.1. The Morgan fingerprint density at radius 2 is 2.04 bits per heavy atom. The normalized spacial score (nSPS) is 10.6. The van der Waals surface area contributed by atoms with E-state index in [9.17, 15) is 4.79 Å². The van der Waals surface area contributed by atoms with Crippen molar-refractivity contribution in [2.24, 2.45) is 0 Å². The number of para-hydroxylation sites is 1. The van der Waals surface area contributed by atoms with Gasteiger partial charge < -0.3 is 15.0 Å². The molecule has 0 radical (unpaired) electrons. The molecule has 0 unspecified atom stereocenters. The topological polar surface area (TPSA) is 83.1 Å². The highest BCUT2D eigenvalue weighted by Crippen LogP contribution is 2.29. The van der Waals surface area contributed by atoms with Gasteiger partial charge in [0.25, 0.3) is 5.91 Å². The van der Waals surface area contributed by atoms with Crippen molar-refractivity contribution in [2.75, 3.05) is 26.5 Å². The van der Waals surface area contributed by atoms with Gasteiger partial charge in [0.05, 0.1) is 18.2 Å². The van der Waals surface area contributed by atoms with E-state index in [-0.39, 0.29) is 5.91 Å². The molecule has 0 aliphatic rings. The lowest BCUT2D eigenvalue weighted by molar-refractivity contribution is 0.0827.